The third-order valence-corrected chi connectivity index (χ3v) is 6.24. The van der Waals surface area contributed by atoms with Crippen molar-refractivity contribution in [1.82, 2.24) is 4.31 Å². The number of aliphatic carboxylic acids is 1. The fraction of sp³-hybridized carbons (Fsp3) is 0.364. The lowest BCUT2D eigenvalue weighted by Crippen LogP contribution is -2.52. The first-order valence-electron chi connectivity index (χ1n) is 5.61. The van der Waals surface area contributed by atoms with Crippen LogP contribution in [0.2, 0.25) is 0 Å². The molecule has 0 amide bonds. The van der Waals surface area contributed by atoms with E-state index in [1.165, 1.54) is 6.07 Å². The number of hydrogen-bond acceptors (Lipinski definition) is 4. The summed E-state index contributed by atoms with van der Waals surface area (Å²) in [6.45, 7) is 0.0348. The number of halogens is 2. The fourth-order valence-electron chi connectivity index (χ4n) is 1.87. The maximum absolute atomic E-state index is 12.6. The number of sulfonamides is 1. The van der Waals surface area contributed by atoms with Crippen LogP contribution >= 0.6 is 31.9 Å². The minimum absolute atomic E-state index is 0.0122. The summed E-state index contributed by atoms with van der Waals surface area (Å²) < 4.78 is 32.3. The molecule has 0 aliphatic carbocycles. The molecule has 0 radical (unpaired) electrons. The Morgan fingerprint density at radius 3 is 2.75 bits per heavy atom. The van der Waals surface area contributed by atoms with E-state index in [2.05, 4.69) is 31.9 Å². The summed E-state index contributed by atoms with van der Waals surface area (Å²) in [5.74, 6) is -1.22. The first-order chi connectivity index (χ1) is 9.34. The molecule has 0 bridgehead atoms. The summed E-state index contributed by atoms with van der Waals surface area (Å²) in [5, 5.41) is 9.14. The lowest BCUT2D eigenvalue weighted by molar-refractivity contribution is -0.146. The van der Waals surface area contributed by atoms with Crippen LogP contribution in [0.15, 0.2) is 32.0 Å². The van der Waals surface area contributed by atoms with E-state index >= 15 is 0 Å². The van der Waals surface area contributed by atoms with Crippen molar-refractivity contribution in [2.24, 2.45) is 0 Å². The van der Waals surface area contributed by atoms with Gasteiger partial charge < -0.3 is 9.84 Å². The van der Waals surface area contributed by atoms with Crippen molar-refractivity contribution in [3.63, 3.8) is 0 Å². The summed E-state index contributed by atoms with van der Waals surface area (Å²) in [6, 6.07) is 3.51. The summed E-state index contributed by atoms with van der Waals surface area (Å²) in [4.78, 5) is 11.2. The Kier molecular flexibility index (Phi) is 4.85. The molecule has 2 rings (SSSR count). The molecule has 0 aromatic heterocycles. The van der Waals surface area contributed by atoms with Crippen LogP contribution in [0.1, 0.15) is 0 Å². The van der Waals surface area contributed by atoms with E-state index in [-0.39, 0.29) is 24.7 Å². The number of ether oxygens (including phenoxy) is 1. The Hall–Kier alpha value is -0.480. The molecule has 6 nitrogen and oxygen atoms in total. The number of carbonyl (C=O) groups is 1. The normalized spacial score (nSPS) is 20.8. The highest BCUT2D eigenvalue weighted by atomic mass is 79.9. The largest absolute Gasteiger partial charge is 0.480 e. The highest BCUT2D eigenvalue weighted by Gasteiger charge is 2.39. The van der Waals surface area contributed by atoms with Crippen LogP contribution in [0.25, 0.3) is 0 Å². The molecule has 0 spiro atoms. The van der Waals surface area contributed by atoms with Gasteiger partial charge in [0.2, 0.25) is 10.0 Å². The third kappa shape index (κ3) is 3.06. The van der Waals surface area contributed by atoms with Gasteiger partial charge in [-0.3, -0.25) is 4.79 Å². The van der Waals surface area contributed by atoms with Crippen molar-refractivity contribution in [3.05, 3.63) is 27.1 Å². The number of nitrogens with zero attached hydrogens (tertiary/aromatic N) is 1. The predicted molar refractivity (Wildman–Crippen MR) is 78.0 cm³/mol. The van der Waals surface area contributed by atoms with Crippen LogP contribution < -0.4 is 0 Å². The van der Waals surface area contributed by atoms with Crippen molar-refractivity contribution >= 4 is 47.9 Å². The van der Waals surface area contributed by atoms with E-state index in [4.69, 9.17) is 9.84 Å². The van der Waals surface area contributed by atoms with Crippen LogP contribution in [0, 0.1) is 0 Å². The Bertz CT molecular complexity index is 634. The maximum atomic E-state index is 12.6. The zero-order valence-electron chi connectivity index (χ0n) is 10.1. The SMILES string of the molecule is O=C(O)C1COCCN1S(=O)(=O)c1cc(Br)ccc1Br. The van der Waals surface area contributed by atoms with Gasteiger partial charge in [0.15, 0.2) is 0 Å². The Labute approximate surface area is 133 Å². The van der Waals surface area contributed by atoms with Crippen LogP contribution in [0.3, 0.4) is 0 Å². The molecule has 1 unspecified atom stereocenters. The molecule has 1 aliphatic heterocycles. The summed E-state index contributed by atoms with van der Waals surface area (Å²) in [7, 11) is -3.91. The topological polar surface area (TPSA) is 83.9 Å². The highest BCUT2D eigenvalue weighted by Crippen LogP contribution is 2.29. The molecule has 1 aromatic carbocycles. The monoisotopic (exact) mass is 427 g/mol. The number of carboxylic acid groups (broad SMARTS) is 1. The number of rotatable bonds is 3. The molecular formula is C11H11Br2NO5S. The van der Waals surface area contributed by atoms with Crippen LogP contribution in [-0.4, -0.2) is 49.6 Å². The van der Waals surface area contributed by atoms with E-state index < -0.39 is 22.0 Å². The van der Waals surface area contributed by atoms with E-state index in [1.54, 1.807) is 12.1 Å². The number of hydrogen-bond donors (Lipinski definition) is 1. The lowest BCUT2D eigenvalue weighted by Gasteiger charge is -2.32. The van der Waals surface area contributed by atoms with Gasteiger partial charge in [0.1, 0.15) is 6.04 Å². The Morgan fingerprint density at radius 1 is 1.40 bits per heavy atom. The quantitative estimate of drug-likeness (QED) is 0.791. The van der Waals surface area contributed by atoms with Gasteiger partial charge in [-0.15, -0.1) is 0 Å². The van der Waals surface area contributed by atoms with Crippen LogP contribution in [0.5, 0.6) is 0 Å². The highest BCUT2D eigenvalue weighted by molar-refractivity contribution is 9.11. The first-order valence-corrected chi connectivity index (χ1v) is 8.64. The number of benzene rings is 1. The van der Waals surface area contributed by atoms with Crippen molar-refractivity contribution in [1.29, 1.82) is 0 Å². The molecule has 1 atom stereocenters. The van der Waals surface area contributed by atoms with Crippen molar-refractivity contribution in [3.8, 4) is 0 Å². The molecule has 1 saturated heterocycles. The average molecular weight is 429 g/mol. The van der Waals surface area contributed by atoms with Crippen LogP contribution in [-0.2, 0) is 19.6 Å². The number of carboxylic acids is 1. The van der Waals surface area contributed by atoms with Crippen LogP contribution in [0.4, 0.5) is 0 Å². The Morgan fingerprint density at radius 2 is 2.10 bits per heavy atom. The van der Waals surface area contributed by atoms with E-state index in [9.17, 15) is 13.2 Å². The maximum Gasteiger partial charge on any atom is 0.324 e. The minimum atomic E-state index is -3.91. The molecule has 1 aromatic rings. The van der Waals surface area contributed by atoms with Gasteiger partial charge in [0, 0.05) is 15.5 Å². The third-order valence-electron chi connectivity index (χ3n) is 2.84. The van der Waals surface area contributed by atoms with E-state index in [1.807, 2.05) is 0 Å². The second-order valence-corrected chi connectivity index (χ2v) is 7.75. The molecule has 20 heavy (non-hydrogen) atoms. The van der Waals surface area contributed by atoms with Crippen molar-refractivity contribution in [2.75, 3.05) is 19.8 Å². The molecule has 1 N–H and O–H groups in total. The van der Waals surface area contributed by atoms with Gasteiger partial charge in [0.05, 0.1) is 18.1 Å². The van der Waals surface area contributed by atoms with Gasteiger partial charge in [-0.25, -0.2) is 8.42 Å². The second kappa shape index (κ2) is 6.10. The summed E-state index contributed by atoms with van der Waals surface area (Å²) in [5.41, 5.74) is 0. The molecule has 9 heteroatoms. The van der Waals surface area contributed by atoms with Gasteiger partial charge in [0.25, 0.3) is 0 Å². The van der Waals surface area contributed by atoms with Gasteiger partial charge in [-0.2, -0.15) is 4.31 Å². The van der Waals surface area contributed by atoms with Crippen molar-refractivity contribution < 1.29 is 23.1 Å². The summed E-state index contributed by atoms with van der Waals surface area (Å²) >= 11 is 6.40. The standard InChI is InChI=1S/C11H11Br2NO5S/c12-7-1-2-8(13)10(5-7)20(17,18)14-3-4-19-6-9(14)11(15)16/h1-2,5,9H,3-4,6H2,(H,15,16). The van der Waals surface area contributed by atoms with Crippen molar-refractivity contribution in [2.45, 2.75) is 10.9 Å². The minimum Gasteiger partial charge on any atom is -0.480 e. The lowest BCUT2D eigenvalue weighted by atomic mass is 10.3. The Balaban J connectivity index is 2.47. The fourth-order valence-corrected chi connectivity index (χ4v) is 4.89. The zero-order valence-corrected chi connectivity index (χ0v) is 14.1. The van der Waals surface area contributed by atoms with Gasteiger partial charge in [-0.1, -0.05) is 15.9 Å². The molecule has 1 heterocycles. The van der Waals surface area contributed by atoms with E-state index in [0.29, 0.717) is 8.95 Å². The van der Waals surface area contributed by atoms with E-state index in [0.717, 1.165) is 4.31 Å². The average Bonchev–Trinajstić information content (AvgIpc) is 2.41. The molecular weight excluding hydrogens is 418 g/mol. The van der Waals surface area contributed by atoms with Gasteiger partial charge >= 0.3 is 5.97 Å². The first kappa shape index (κ1) is 15.9. The molecule has 1 aliphatic rings. The zero-order chi connectivity index (χ0) is 14.9. The number of morpholine rings is 1. The smallest absolute Gasteiger partial charge is 0.324 e. The molecule has 110 valence electrons. The summed E-state index contributed by atoms with van der Waals surface area (Å²) in [6.07, 6.45) is 0. The molecule has 1 fully saturated rings. The second-order valence-electron chi connectivity index (χ2n) is 4.12. The van der Waals surface area contributed by atoms with Gasteiger partial charge in [-0.05, 0) is 34.1 Å². The molecule has 0 saturated carbocycles. The predicted octanol–water partition coefficient (Wildman–Crippen LogP) is 1.69.